The van der Waals surface area contributed by atoms with Gasteiger partial charge in [-0.15, -0.1) is 5.10 Å². The lowest BCUT2D eigenvalue weighted by Gasteiger charge is -2.28. The molecule has 3 fully saturated rings. The Morgan fingerprint density at radius 1 is 1.10 bits per heavy atom. The van der Waals surface area contributed by atoms with E-state index in [1.807, 2.05) is 0 Å². The summed E-state index contributed by atoms with van der Waals surface area (Å²) >= 11 is 0. The third-order valence-electron chi connectivity index (χ3n) is 4.90. The van der Waals surface area contributed by atoms with E-state index in [1.54, 1.807) is 0 Å². The highest BCUT2D eigenvalue weighted by Gasteiger charge is 2.34. The van der Waals surface area contributed by atoms with Crippen molar-refractivity contribution in [1.29, 1.82) is 0 Å². The van der Waals surface area contributed by atoms with Crippen molar-refractivity contribution in [2.75, 3.05) is 44.8 Å². The van der Waals surface area contributed by atoms with Crippen LogP contribution in [0.25, 0.3) is 0 Å². The van der Waals surface area contributed by atoms with Crippen LogP contribution in [0.5, 0.6) is 0 Å². The van der Waals surface area contributed by atoms with E-state index in [0.29, 0.717) is 23.9 Å². The maximum Gasteiger partial charge on any atom is 0.318 e. The van der Waals surface area contributed by atoms with Crippen LogP contribution in [0.4, 0.5) is 6.01 Å². The highest BCUT2D eigenvalue weighted by Crippen LogP contribution is 2.36. The lowest BCUT2D eigenvalue weighted by atomic mass is 9.85. The molecular formula is C14H22N4O2. The quantitative estimate of drug-likeness (QED) is 0.807. The summed E-state index contributed by atoms with van der Waals surface area (Å²) in [7, 11) is 2.18. The Labute approximate surface area is 119 Å². The first kappa shape index (κ1) is 12.6. The van der Waals surface area contributed by atoms with Crippen molar-refractivity contribution < 1.29 is 9.15 Å². The molecule has 6 heteroatoms. The van der Waals surface area contributed by atoms with Crippen LogP contribution in [0.2, 0.25) is 0 Å². The molecule has 0 unspecified atom stereocenters. The molecule has 2 bridgehead atoms. The topological polar surface area (TPSA) is 54.6 Å². The minimum Gasteiger partial charge on any atom is -0.408 e. The van der Waals surface area contributed by atoms with Gasteiger partial charge in [-0.1, -0.05) is 11.5 Å². The number of likely N-dealkylation sites (N-methyl/N-ethyl adjacent to an activating group) is 1. The van der Waals surface area contributed by atoms with Gasteiger partial charge in [0.15, 0.2) is 0 Å². The zero-order chi connectivity index (χ0) is 13.5. The SMILES string of the molecule is CN1C[C@H]2COC[C@@H]1CN(c1nnc(C3CCC3)o1)C2. The predicted molar refractivity (Wildman–Crippen MR) is 73.8 cm³/mol. The molecule has 1 saturated carbocycles. The first-order valence-corrected chi connectivity index (χ1v) is 7.66. The molecule has 0 N–H and O–H groups in total. The lowest BCUT2D eigenvalue weighted by Crippen LogP contribution is -2.42. The van der Waals surface area contributed by atoms with Crippen LogP contribution >= 0.6 is 0 Å². The Morgan fingerprint density at radius 2 is 2.00 bits per heavy atom. The number of rotatable bonds is 2. The number of hydrogen-bond donors (Lipinski definition) is 0. The molecule has 0 radical (unpaired) electrons. The Kier molecular flexibility index (Phi) is 3.15. The standard InChI is InChI=1S/C14H22N4O2/c1-17-5-10-6-18(7-12(17)9-19-8-10)14-16-15-13(20-14)11-3-2-4-11/h10-12H,2-9H2,1H3/t10-,12+/m1/s1. The zero-order valence-corrected chi connectivity index (χ0v) is 12.0. The summed E-state index contributed by atoms with van der Waals surface area (Å²) in [5.74, 6) is 1.87. The number of aromatic nitrogens is 2. The first-order chi connectivity index (χ1) is 9.79. The van der Waals surface area contributed by atoms with Crippen LogP contribution in [0.3, 0.4) is 0 Å². The molecule has 6 nitrogen and oxygen atoms in total. The van der Waals surface area contributed by atoms with Crippen LogP contribution in [0.15, 0.2) is 4.42 Å². The summed E-state index contributed by atoms with van der Waals surface area (Å²) in [4.78, 5) is 4.66. The highest BCUT2D eigenvalue weighted by atomic mass is 16.5. The fraction of sp³-hybridized carbons (Fsp3) is 0.857. The lowest BCUT2D eigenvalue weighted by molar-refractivity contribution is 0.0922. The monoisotopic (exact) mass is 278 g/mol. The average molecular weight is 278 g/mol. The maximum atomic E-state index is 5.93. The molecule has 3 heterocycles. The van der Waals surface area contributed by atoms with Crippen molar-refractivity contribution in [3.05, 3.63) is 5.89 Å². The smallest absolute Gasteiger partial charge is 0.318 e. The number of hydrogen-bond acceptors (Lipinski definition) is 6. The van der Waals surface area contributed by atoms with Crippen molar-refractivity contribution in [2.24, 2.45) is 5.92 Å². The van der Waals surface area contributed by atoms with E-state index < -0.39 is 0 Å². The van der Waals surface area contributed by atoms with Gasteiger partial charge in [0, 0.05) is 31.5 Å². The first-order valence-electron chi connectivity index (χ1n) is 7.66. The van der Waals surface area contributed by atoms with Gasteiger partial charge in [-0.2, -0.15) is 0 Å². The van der Waals surface area contributed by atoms with Gasteiger partial charge in [-0.05, 0) is 19.9 Å². The average Bonchev–Trinajstić information content (AvgIpc) is 2.65. The molecule has 0 spiro atoms. The maximum absolute atomic E-state index is 5.93. The fourth-order valence-electron chi connectivity index (χ4n) is 3.38. The van der Waals surface area contributed by atoms with Gasteiger partial charge in [0.05, 0.1) is 19.3 Å². The van der Waals surface area contributed by atoms with Gasteiger partial charge in [-0.25, -0.2) is 0 Å². The number of fused-ring (bicyclic) bond motifs is 3. The summed E-state index contributed by atoms with van der Waals surface area (Å²) in [6.45, 7) is 4.59. The van der Waals surface area contributed by atoms with Crippen molar-refractivity contribution in [3.8, 4) is 0 Å². The number of nitrogens with zero attached hydrogens (tertiary/aromatic N) is 4. The van der Waals surface area contributed by atoms with Gasteiger partial charge < -0.3 is 14.1 Å². The molecule has 1 aliphatic carbocycles. The Bertz CT molecular complexity index is 473. The van der Waals surface area contributed by atoms with Crippen molar-refractivity contribution in [2.45, 2.75) is 31.2 Å². The summed E-state index contributed by atoms with van der Waals surface area (Å²) in [5.41, 5.74) is 0. The van der Waals surface area contributed by atoms with E-state index in [1.165, 1.54) is 19.3 Å². The van der Waals surface area contributed by atoms with Crippen LogP contribution in [-0.2, 0) is 4.74 Å². The predicted octanol–water partition coefficient (Wildman–Crippen LogP) is 1.10. The molecule has 4 rings (SSSR count). The largest absolute Gasteiger partial charge is 0.408 e. The van der Waals surface area contributed by atoms with Gasteiger partial charge >= 0.3 is 6.01 Å². The van der Waals surface area contributed by atoms with Crippen LogP contribution in [0, 0.1) is 5.92 Å². The highest BCUT2D eigenvalue weighted by molar-refractivity contribution is 5.26. The third-order valence-corrected chi connectivity index (χ3v) is 4.90. The minimum atomic E-state index is 0.418. The van der Waals surface area contributed by atoms with E-state index in [9.17, 15) is 0 Å². The number of ether oxygens (including phenoxy) is 1. The van der Waals surface area contributed by atoms with E-state index in [0.717, 1.165) is 38.7 Å². The molecule has 3 aliphatic rings. The van der Waals surface area contributed by atoms with Gasteiger partial charge in [-0.3, -0.25) is 4.90 Å². The molecule has 2 aliphatic heterocycles. The minimum absolute atomic E-state index is 0.418. The second-order valence-electron chi connectivity index (χ2n) is 6.45. The normalized spacial score (nSPS) is 31.9. The fourth-order valence-corrected chi connectivity index (χ4v) is 3.38. The van der Waals surface area contributed by atoms with Crippen LogP contribution in [-0.4, -0.2) is 61.0 Å². The van der Waals surface area contributed by atoms with Gasteiger partial charge in [0.1, 0.15) is 0 Å². The molecule has 110 valence electrons. The summed E-state index contributed by atoms with van der Waals surface area (Å²) in [6.07, 6.45) is 3.69. The van der Waals surface area contributed by atoms with Crippen LogP contribution < -0.4 is 4.90 Å². The third kappa shape index (κ3) is 2.20. The second-order valence-corrected chi connectivity index (χ2v) is 6.45. The van der Waals surface area contributed by atoms with E-state index in [2.05, 4.69) is 27.0 Å². The Hall–Kier alpha value is -1.14. The number of anilines is 1. The molecule has 2 saturated heterocycles. The van der Waals surface area contributed by atoms with Crippen molar-refractivity contribution >= 4 is 6.01 Å². The van der Waals surface area contributed by atoms with E-state index in [4.69, 9.17) is 9.15 Å². The van der Waals surface area contributed by atoms with E-state index >= 15 is 0 Å². The molecule has 20 heavy (non-hydrogen) atoms. The van der Waals surface area contributed by atoms with Crippen molar-refractivity contribution in [1.82, 2.24) is 15.1 Å². The molecule has 2 atom stereocenters. The van der Waals surface area contributed by atoms with Crippen LogP contribution in [0.1, 0.15) is 31.1 Å². The summed E-state index contributed by atoms with van der Waals surface area (Å²) in [6, 6.07) is 1.13. The molecule has 1 aromatic heterocycles. The zero-order valence-electron chi connectivity index (χ0n) is 12.0. The molecular weight excluding hydrogens is 256 g/mol. The Morgan fingerprint density at radius 3 is 2.80 bits per heavy atom. The molecule has 0 amide bonds. The summed E-state index contributed by atoms with van der Waals surface area (Å²) in [5, 5.41) is 8.54. The van der Waals surface area contributed by atoms with Gasteiger partial charge in [0.2, 0.25) is 5.89 Å². The Balaban J connectivity index is 1.54. The molecule has 0 aromatic carbocycles. The molecule has 1 aromatic rings. The van der Waals surface area contributed by atoms with E-state index in [-0.39, 0.29) is 0 Å². The van der Waals surface area contributed by atoms with Crippen molar-refractivity contribution in [3.63, 3.8) is 0 Å². The van der Waals surface area contributed by atoms with Gasteiger partial charge in [0.25, 0.3) is 0 Å². The summed E-state index contributed by atoms with van der Waals surface area (Å²) < 4.78 is 11.7. The second kappa shape index (κ2) is 5.00.